The monoisotopic (exact) mass is 255 g/mol. The summed E-state index contributed by atoms with van der Waals surface area (Å²) >= 11 is 0. The first-order chi connectivity index (χ1) is 9.26. The fraction of sp³-hybridized carbons (Fsp3) is 0.188. The van der Waals surface area contributed by atoms with Crippen LogP contribution in [0.5, 0.6) is 0 Å². The molecular weight excluding hydrogens is 238 g/mol. The molecule has 2 N–H and O–H groups in total. The Morgan fingerprint density at radius 2 is 1.63 bits per heavy atom. The quantitative estimate of drug-likeness (QED) is 0.652. The van der Waals surface area contributed by atoms with Gasteiger partial charge in [0.25, 0.3) is 5.91 Å². The van der Waals surface area contributed by atoms with Crippen LogP contribution in [0.1, 0.15) is 29.5 Å². The van der Waals surface area contributed by atoms with Crippen LogP contribution in [0.15, 0.2) is 54.6 Å². The second-order valence-electron chi connectivity index (χ2n) is 4.41. The molecule has 0 radical (unpaired) electrons. The first-order valence-corrected chi connectivity index (χ1v) is 6.34. The number of hydroxylamine groups is 1. The van der Waals surface area contributed by atoms with Crippen molar-refractivity contribution in [3.63, 3.8) is 0 Å². The number of amides is 1. The van der Waals surface area contributed by atoms with Crippen LogP contribution >= 0.6 is 0 Å². The van der Waals surface area contributed by atoms with E-state index in [0.717, 1.165) is 17.5 Å². The SMILES string of the molecule is CCc1ccc(C(C(=O)NO)c2ccccc2)cc1. The molecule has 0 aliphatic rings. The van der Waals surface area contributed by atoms with E-state index >= 15 is 0 Å². The van der Waals surface area contributed by atoms with Crippen molar-refractivity contribution in [2.75, 3.05) is 0 Å². The Kier molecular flexibility index (Phi) is 4.31. The van der Waals surface area contributed by atoms with E-state index < -0.39 is 11.8 Å². The van der Waals surface area contributed by atoms with E-state index in [0.29, 0.717) is 0 Å². The van der Waals surface area contributed by atoms with Gasteiger partial charge in [-0.15, -0.1) is 0 Å². The molecule has 0 bridgehead atoms. The molecule has 0 fully saturated rings. The minimum atomic E-state index is -0.489. The number of benzene rings is 2. The highest BCUT2D eigenvalue weighted by Gasteiger charge is 2.21. The van der Waals surface area contributed by atoms with Crippen LogP contribution in [0.4, 0.5) is 0 Å². The standard InChI is InChI=1S/C16H17NO2/c1-2-12-8-10-14(11-9-12)15(16(18)17-19)13-6-4-3-5-7-13/h3-11,15,19H,2H2,1H3,(H,17,18). The van der Waals surface area contributed by atoms with E-state index in [-0.39, 0.29) is 0 Å². The fourth-order valence-corrected chi connectivity index (χ4v) is 2.15. The molecule has 0 saturated heterocycles. The van der Waals surface area contributed by atoms with Crippen molar-refractivity contribution >= 4 is 5.91 Å². The molecule has 98 valence electrons. The summed E-state index contributed by atoms with van der Waals surface area (Å²) in [6.45, 7) is 2.09. The summed E-state index contributed by atoms with van der Waals surface area (Å²) in [5.74, 6) is -0.910. The van der Waals surface area contributed by atoms with Gasteiger partial charge in [-0.3, -0.25) is 10.0 Å². The highest BCUT2D eigenvalue weighted by Crippen LogP contribution is 2.25. The van der Waals surface area contributed by atoms with Gasteiger partial charge in [0.1, 0.15) is 0 Å². The summed E-state index contributed by atoms with van der Waals surface area (Å²) in [5.41, 5.74) is 4.70. The molecule has 19 heavy (non-hydrogen) atoms. The molecule has 1 amide bonds. The Morgan fingerprint density at radius 1 is 1.05 bits per heavy atom. The summed E-state index contributed by atoms with van der Waals surface area (Å²) in [5, 5.41) is 8.93. The van der Waals surface area contributed by atoms with Gasteiger partial charge in [-0.1, -0.05) is 61.5 Å². The smallest absolute Gasteiger partial charge is 0.255 e. The van der Waals surface area contributed by atoms with E-state index in [2.05, 4.69) is 6.92 Å². The van der Waals surface area contributed by atoms with E-state index in [1.807, 2.05) is 54.6 Å². The first kappa shape index (κ1) is 13.3. The Balaban J connectivity index is 2.40. The summed E-state index contributed by atoms with van der Waals surface area (Å²) in [6, 6.07) is 17.3. The van der Waals surface area contributed by atoms with Crippen LogP contribution in [0.25, 0.3) is 0 Å². The molecule has 3 heteroatoms. The molecule has 2 rings (SSSR count). The highest BCUT2D eigenvalue weighted by atomic mass is 16.5. The van der Waals surface area contributed by atoms with Crippen LogP contribution in [0.3, 0.4) is 0 Å². The van der Waals surface area contributed by atoms with Gasteiger partial charge >= 0.3 is 0 Å². The predicted octanol–water partition coefficient (Wildman–Crippen LogP) is 2.89. The third kappa shape index (κ3) is 3.01. The lowest BCUT2D eigenvalue weighted by molar-refractivity contribution is -0.129. The molecule has 1 atom stereocenters. The number of rotatable bonds is 4. The molecule has 0 spiro atoms. The van der Waals surface area contributed by atoms with Crippen molar-refractivity contribution in [2.24, 2.45) is 0 Å². The Bertz CT molecular complexity index is 534. The van der Waals surface area contributed by atoms with Crippen LogP contribution in [0.2, 0.25) is 0 Å². The average molecular weight is 255 g/mol. The fourth-order valence-electron chi connectivity index (χ4n) is 2.15. The van der Waals surface area contributed by atoms with Crippen LogP contribution < -0.4 is 5.48 Å². The summed E-state index contributed by atoms with van der Waals surface area (Å²) in [4.78, 5) is 11.9. The average Bonchev–Trinajstić information content (AvgIpc) is 2.49. The lowest BCUT2D eigenvalue weighted by Gasteiger charge is -2.16. The third-order valence-electron chi connectivity index (χ3n) is 3.23. The van der Waals surface area contributed by atoms with Crippen molar-refractivity contribution in [1.29, 1.82) is 0 Å². The second-order valence-corrected chi connectivity index (χ2v) is 4.41. The lowest BCUT2D eigenvalue weighted by atomic mass is 9.90. The van der Waals surface area contributed by atoms with E-state index in [1.54, 1.807) is 5.48 Å². The Labute approximate surface area is 112 Å². The van der Waals surface area contributed by atoms with Gasteiger partial charge < -0.3 is 0 Å². The highest BCUT2D eigenvalue weighted by molar-refractivity contribution is 5.86. The molecule has 0 heterocycles. The predicted molar refractivity (Wildman–Crippen MR) is 74.0 cm³/mol. The number of aryl methyl sites for hydroxylation is 1. The number of carbonyl (C=O) groups is 1. The molecule has 1 unspecified atom stereocenters. The minimum Gasteiger partial charge on any atom is -0.289 e. The van der Waals surface area contributed by atoms with Gasteiger partial charge in [0.2, 0.25) is 0 Å². The third-order valence-corrected chi connectivity index (χ3v) is 3.23. The number of hydrogen-bond acceptors (Lipinski definition) is 2. The summed E-state index contributed by atoms with van der Waals surface area (Å²) in [7, 11) is 0. The maximum absolute atomic E-state index is 11.9. The molecule has 2 aromatic rings. The number of hydrogen-bond donors (Lipinski definition) is 2. The topological polar surface area (TPSA) is 49.3 Å². The Morgan fingerprint density at radius 3 is 2.16 bits per heavy atom. The van der Waals surface area contributed by atoms with Gasteiger partial charge in [-0.05, 0) is 23.1 Å². The summed E-state index contributed by atoms with van der Waals surface area (Å²) in [6.07, 6.45) is 0.961. The molecule has 2 aromatic carbocycles. The number of carbonyl (C=O) groups excluding carboxylic acids is 1. The van der Waals surface area contributed by atoms with E-state index in [4.69, 9.17) is 5.21 Å². The maximum atomic E-state index is 11.9. The van der Waals surface area contributed by atoms with Crippen molar-refractivity contribution in [1.82, 2.24) is 5.48 Å². The van der Waals surface area contributed by atoms with Gasteiger partial charge in [-0.25, -0.2) is 5.48 Å². The summed E-state index contributed by atoms with van der Waals surface area (Å²) < 4.78 is 0. The zero-order chi connectivity index (χ0) is 13.7. The molecule has 3 nitrogen and oxygen atoms in total. The molecular formula is C16H17NO2. The van der Waals surface area contributed by atoms with Gasteiger partial charge in [0.05, 0.1) is 5.92 Å². The maximum Gasteiger partial charge on any atom is 0.255 e. The zero-order valence-corrected chi connectivity index (χ0v) is 10.8. The molecule has 0 saturated carbocycles. The lowest BCUT2D eigenvalue weighted by Crippen LogP contribution is -2.27. The second kappa shape index (κ2) is 6.16. The molecule has 0 aromatic heterocycles. The molecule has 0 aliphatic heterocycles. The van der Waals surface area contributed by atoms with Gasteiger partial charge in [0, 0.05) is 0 Å². The van der Waals surface area contributed by atoms with Crippen LogP contribution in [-0.4, -0.2) is 11.1 Å². The van der Waals surface area contributed by atoms with E-state index in [9.17, 15) is 4.79 Å². The van der Waals surface area contributed by atoms with Crippen molar-refractivity contribution in [3.05, 3.63) is 71.3 Å². The Hall–Kier alpha value is -2.13. The normalized spacial score (nSPS) is 11.9. The first-order valence-electron chi connectivity index (χ1n) is 6.34. The molecule has 0 aliphatic carbocycles. The minimum absolute atomic E-state index is 0.421. The largest absolute Gasteiger partial charge is 0.289 e. The van der Waals surface area contributed by atoms with Crippen molar-refractivity contribution in [2.45, 2.75) is 19.3 Å². The number of nitrogens with one attached hydrogen (secondary N) is 1. The van der Waals surface area contributed by atoms with Crippen molar-refractivity contribution < 1.29 is 10.0 Å². The van der Waals surface area contributed by atoms with Crippen LogP contribution in [-0.2, 0) is 11.2 Å². The van der Waals surface area contributed by atoms with Crippen molar-refractivity contribution in [3.8, 4) is 0 Å². The van der Waals surface area contributed by atoms with Gasteiger partial charge in [-0.2, -0.15) is 0 Å². The van der Waals surface area contributed by atoms with E-state index in [1.165, 1.54) is 5.56 Å². The zero-order valence-electron chi connectivity index (χ0n) is 10.8. The van der Waals surface area contributed by atoms with Crippen LogP contribution in [0, 0.1) is 0 Å². The van der Waals surface area contributed by atoms with Gasteiger partial charge in [0.15, 0.2) is 0 Å².